The number of nitrogens with one attached hydrogen (secondary N) is 1. The van der Waals surface area contributed by atoms with Crippen molar-refractivity contribution in [1.29, 1.82) is 0 Å². The molecule has 20 heavy (non-hydrogen) atoms. The van der Waals surface area contributed by atoms with Crippen molar-refractivity contribution in [3.8, 4) is 11.5 Å². The number of benzene rings is 2. The van der Waals surface area contributed by atoms with Crippen molar-refractivity contribution < 1.29 is 9.47 Å². The Morgan fingerprint density at radius 2 is 2.00 bits per heavy atom. The molecule has 0 radical (unpaired) electrons. The topological polar surface area (TPSA) is 47.1 Å². The van der Waals surface area contributed by atoms with E-state index in [2.05, 4.69) is 9.97 Å². The lowest BCUT2D eigenvalue weighted by Gasteiger charge is -2.04. The van der Waals surface area contributed by atoms with Crippen molar-refractivity contribution >= 4 is 11.0 Å². The molecule has 0 saturated heterocycles. The summed E-state index contributed by atoms with van der Waals surface area (Å²) >= 11 is 0. The number of hydrogen-bond acceptors (Lipinski definition) is 3. The van der Waals surface area contributed by atoms with Gasteiger partial charge in [-0.3, -0.25) is 0 Å². The average molecular weight is 268 g/mol. The van der Waals surface area contributed by atoms with Gasteiger partial charge in [-0.25, -0.2) is 4.98 Å². The zero-order valence-corrected chi connectivity index (χ0v) is 11.5. The number of H-pyrrole nitrogens is 1. The third-order valence-electron chi connectivity index (χ3n) is 3.10. The van der Waals surface area contributed by atoms with Crippen LogP contribution < -0.4 is 9.47 Å². The van der Waals surface area contributed by atoms with Crippen LogP contribution in [0.4, 0.5) is 0 Å². The second kappa shape index (κ2) is 5.25. The maximum absolute atomic E-state index is 5.73. The number of methoxy groups -OCH3 is 1. The van der Waals surface area contributed by atoms with Gasteiger partial charge in [0.2, 0.25) is 0 Å². The molecule has 0 saturated carbocycles. The Morgan fingerprint density at radius 1 is 1.10 bits per heavy atom. The van der Waals surface area contributed by atoms with Crippen LogP contribution in [0.1, 0.15) is 11.4 Å². The lowest BCUT2D eigenvalue weighted by atomic mass is 10.2. The predicted molar refractivity (Wildman–Crippen MR) is 78.2 cm³/mol. The fourth-order valence-corrected chi connectivity index (χ4v) is 2.09. The monoisotopic (exact) mass is 268 g/mol. The van der Waals surface area contributed by atoms with E-state index in [1.54, 1.807) is 7.11 Å². The van der Waals surface area contributed by atoms with E-state index in [0.717, 1.165) is 28.4 Å². The predicted octanol–water partition coefficient (Wildman–Crippen LogP) is 3.46. The maximum Gasteiger partial charge on any atom is 0.146 e. The van der Waals surface area contributed by atoms with E-state index in [9.17, 15) is 0 Å². The summed E-state index contributed by atoms with van der Waals surface area (Å²) in [6.45, 7) is 2.46. The van der Waals surface area contributed by atoms with Crippen LogP contribution in [-0.4, -0.2) is 17.1 Å². The normalized spacial score (nSPS) is 10.7. The van der Waals surface area contributed by atoms with Crippen LogP contribution in [0.3, 0.4) is 0 Å². The van der Waals surface area contributed by atoms with Gasteiger partial charge in [-0.1, -0.05) is 12.1 Å². The third kappa shape index (κ3) is 2.59. The van der Waals surface area contributed by atoms with Gasteiger partial charge < -0.3 is 14.5 Å². The molecule has 4 heteroatoms. The summed E-state index contributed by atoms with van der Waals surface area (Å²) in [5.41, 5.74) is 3.04. The van der Waals surface area contributed by atoms with Crippen LogP contribution >= 0.6 is 0 Å². The maximum atomic E-state index is 5.73. The molecule has 0 aliphatic heterocycles. The van der Waals surface area contributed by atoms with Gasteiger partial charge in [0.05, 0.1) is 18.1 Å². The molecule has 2 aromatic carbocycles. The molecule has 0 aliphatic carbocycles. The van der Waals surface area contributed by atoms with Crippen molar-refractivity contribution in [3.05, 3.63) is 53.9 Å². The Balaban J connectivity index is 1.77. The molecule has 0 fully saturated rings. The molecular weight excluding hydrogens is 252 g/mol. The number of imidazole rings is 1. The summed E-state index contributed by atoms with van der Waals surface area (Å²) in [5.74, 6) is 2.46. The zero-order valence-electron chi connectivity index (χ0n) is 11.5. The second-order valence-electron chi connectivity index (χ2n) is 4.67. The van der Waals surface area contributed by atoms with Crippen molar-refractivity contribution in [2.24, 2.45) is 0 Å². The molecule has 1 aromatic heterocycles. The fraction of sp³-hybridized carbons (Fsp3) is 0.188. The van der Waals surface area contributed by atoms with Crippen molar-refractivity contribution in [2.45, 2.75) is 13.5 Å². The van der Waals surface area contributed by atoms with Crippen LogP contribution in [0, 0.1) is 6.92 Å². The number of ether oxygens (including phenoxy) is 2. The van der Waals surface area contributed by atoms with E-state index in [0.29, 0.717) is 6.61 Å². The zero-order chi connectivity index (χ0) is 13.9. The summed E-state index contributed by atoms with van der Waals surface area (Å²) in [4.78, 5) is 7.73. The molecular formula is C16H16N2O2. The van der Waals surface area contributed by atoms with Gasteiger partial charge in [0, 0.05) is 6.07 Å². The minimum atomic E-state index is 0.417. The van der Waals surface area contributed by atoms with Gasteiger partial charge in [0.25, 0.3) is 0 Å². The first-order chi connectivity index (χ1) is 9.74. The lowest BCUT2D eigenvalue weighted by molar-refractivity contribution is 0.297. The molecule has 0 atom stereocenters. The number of aromatic amines is 1. The first-order valence-corrected chi connectivity index (χ1v) is 6.47. The van der Waals surface area contributed by atoms with Crippen molar-refractivity contribution in [1.82, 2.24) is 9.97 Å². The highest BCUT2D eigenvalue weighted by molar-refractivity contribution is 5.76. The molecule has 0 amide bonds. The van der Waals surface area contributed by atoms with E-state index in [-0.39, 0.29) is 0 Å². The largest absolute Gasteiger partial charge is 0.497 e. The highest BCUT2D eigenvalue weighted by Crippen LogP contribution is 2.19. The Hall–Kier alpha value is -2.49. The number of hydrogen-bond donors (Lipinski definition) is 1. The third-order valence-corrected chi connectivity index (χ3v) is 3.10. The average Bonchev–Trinajstić information content (AvgIpc) is 2.87. The number of fused-ring (bicyclic) bond motifs is 1. The van der Waals surface area contributed by atoms with Gasteiger partial charge in [-0.2, -0.15) is 0 Å². The van der Waals surface area contributed by atoms with Crippen LogP contribution in [0.15, 0.2) is 42.5 Å². The number of aromatic nitrogens is 2. The molecule has 102 valence electrons. The molecule has 0 spiro atoms. The summed E-state index contributed by atoms with van der Waals surface area (Å²) in [7, 11) is 1.65. The lowest BCUT2D eigenvalue weighted by Crippen LogP contribution is -1.97. The van der Waals surface area contributed by atoms with E-state index >= 15 is 0 Å². The van der Waals surface area contributed by atoms with E-state index in [4.69, 9.17) is 9.47 Å². The molecule has 4 nitrogen and oxygen atoms in total. The molecule has 3 aromatic rings. The number of aryl methyl sites for hydroxylation is 1. The van der Waals surface area contributed by atoms with Crippen LogP contribution in [0.5, 0.6) is 11.5 Å². The quantitative estimate of drug-likeness (QED) is 0.788. The standard InChI is InChI=1S/C16H16N2O2/c1-11-4-3-5-13(8-11)20-10-16-17-14-7-6-12(19-2)9-15(14)18-16/h3-9H,10H2,1-2H3,(H,17,18). The van der Waals surface area contributed by atoms with E-state index in [1.807, 2.05) is 49.4 Å². The van der Waals surface area contributed by atoms with E-state index in [1.165, 1.54) is 5.56 Å². The summed E-state index contributed by atoms with van der Waals surface area (Å²) in [6, 6.07) is 13.7. The summed E-state index contributed by atoms with van der Waals surface area (Å²) < 4.78 is 10.9. The van der Waals surface area contributed by atoms with Crippen LogP contribution in [-0.2, 0) is 6.61 Å². The van der Waals surface area contributed by atoms with Crippen LogP contribution in [0.2, 0.25) is 0 Å². The minimum Gasteiger partial charge on any atom is -0.497 e. The molecule has 3 rings (SSSR count). The Bertz CT molecular complexity index is 734. The Labute approximate surface area is 117 Å². The van der Waals surface area contributed by atoms with Gasteiger partial charge in [0.1, 0.15) is 23.9 Å². The molecule has 0 bridgehead atoms. The molecule has 0 unspecified atom stereocenters. The van der Waals surface area contributed by atoms with Crippen molar-refractivity contribution in [2.75, 3.05) is 7.11 Å². The Kier molecular flexibility index (Phi) is 3.29. The van der Waals surface area contributed by atoms with E-state index < -0.39 is 0 Å². The first kappa shape index (κ1) is 12.5. The first-order valence-electron chi connectivity index (χ1n) is 6.47. The highest BCUT2D eigenvalue weighted by atomic mass is 16.5. The summed E-state index contributed by atoms with van der Waals surface area (Å²) in [6.07, 6.45) is 0. The van der Waals surface area contributed by atoms with Crippen molar-refractivity contribution in [3.63, 3.8) is 0 Å². The molecule has 0 aliphatic rings. The fourth-order valence-electron chi connectivity index (χ4n) is 2.09. The highest BCUT2D eigenvalue weighted by Gasteiger charge is 2.05. The van der Waals surface area contributed by atoms with Gasteiger partial charge in [-0.05, 0) is 36.8 Å². The minimum absolute atomic E-state index is 0.417. The SMILES string of the molecule is COc1ccc2nc(COc3cccc(C)c3)[nH]c2c1. The second-order valence-corrected chi connectivity index (χ2v) is 4.67. The molecule has 1 heterocycles. The number of rotatable bonds is 4. The van der Waals surface area contributed by atoms with Crippen LogP contribution in [0.25, 0.3) is 11.0 Å². The number of nitrogens with zero attached hydrogens (tertiary/aromatic N) is 1. The smallest absolute Gasteiger partial charge is 0.146 e. The van der Waals surface area contributed by atoms with Gasteiger partial charge in [0.15, 0.2) is 0 Å². The van der Waals surface area contributed by atoms with Gasteiger partial charge >= 0.3 is 0 Å². The Morgan fingerprint density at radius 3 is 2.80 bits per heavy atom. The molecule has 1 N–H and O–H groups in total. The summed E-state index contributed by atoms with van der Waals surface area (Å²) in [5, 5.41) is 0. The van der Waals surface area contributed by atoms with Gasteiger partial charge in [-0.15, -0.1) is 0 Å².